The van der Waals surface area contributed by atoms with E-state index in [2.05, 4.69) is 25.8 Å². The second kappa shape index (κ2) is 5.37. The van der Waals surface area contributed by atoms with E-state index in [0.717, 1.165) is 10.9 Å². The van der Waals surface area contributed by atoms with Crippen LogP contribution in [0.1, 0.15) is 15.2 Å². The fraction of sp³-hybridized carbons (Fsp3) is 0.0833. The Morgan fingerprint density at radius 3 is 2.95 bits per heavy atom. The Kier molecular flexibility index (Phi) is 3.40. The lowest BCUT2D eigenvalue weighted by molar-refractivity contribution is 0.102. The van der Waals surface area contributed by atoms with Crippen LogP contribution in [0, 0.1) is 12.7 Å². The van der Waals surface area contributed by atoms with Gasteiger partial charge in [0.25, 0.3) is 5.91 Å². The molecule has 0 aliphatic heterocycles. The number of halogens is 1. The number of nitrogens with one attached hydrogen (secondary N) is 1. The molecule has 2 aromatic heterocycles. The first-order chi connectivity index (χ1) is 10.1. The highest BCUT2D eigenvalue weighted by Crippen LogP contribution is 2.20. The van der Waals surface area contributed by atoms with Gasteiger partial charge in [0.1, 0.15) is 12.1 Å². The average Bonchev–Trinajstić information content (AvgIpc) is 3.10. The maximum atomic E-state index is 13.4. The first-order valence-corrected chi connectivity index (χ1v) is 6.72. The number of hydrogen-bond donors (Lipinski definition) is 1. The van der Waals surface area contributed by atoms with E-state index in [9.17, 15) is 9.18 Å². The summed E-state index contributed by atoms with van der Waals surface area (Å²) in [6.07, 6.45) is 2.98. The summed E-state index contributed by atoms with van der Waals surface area (Å²) >= 11 is 1.33. The van der Waals surface area contributed by atoms with Crippen molar-refractivity contribution in [1.29, 1.82) is 0 Å². The summed E-state index contributed by atoms with van der Waals surface area (Å²) < 4.78 is 14.7. The van der Waals surface area contributed by atoms with Crippen LogP contribution in [0.15, 0.2) is 30.7 Å². The van der Waals surface area contributed by atoms with Crippen molar-refractivity contribution >= 4 is 22.4 Å². The van der Waals surface area contributed by atoms with Gasteiger partial charge in [-0.1, -0.05) is 0 Å². The van der Waals surface area contributed by atoms with Gasteiger partial charge in [-0.3, -0.25) is 10.1 Å². The quantitative estimate of drug-likeness (QED) is 0.797. The number of benzene rings is 1. The Hall–Kier alpha value is -2.68. The van der Waals surface area contributed by atoms with Crippen LogP contribution in [0.25, 0.3) is 5.69 Å². The molecule has 0 bridgehead atoms. The first kappa shape index (κ1) is 13.3. The van der Waals surface area contributed by atoms with E-state index < -0.39 is 11.7 Å². The van der Waals surface area contributed by atoms with Crippen LogP contribution >= 0.6 is 11.3 Å². The minimum atomic E-state index is -0.521. The van der Waals surface area contributed by atoms with Gasteiger partial charge in [0.2, 0.25) is 0 Å². The molecule has 0 aliphatic rings. The van der Waals surface area contributed by atoms with Gasteiger partial charge in [-0.2, -0.15) is 4.68 Å². The molecule has 9 heteroatoms. The van der Waals surface area contributed by atoms with Gasteiger partial charge in [0, 0.05) is 11.1 Å². The van der Waals surface area contributed by atoms with Crippen LogP contribution in [0.3, 0.4) is 0 Å². The maximum Gasteiger partial charge on any atom is 0.259 e. The van der Waals surface area contributed by atoms with E-state index >= 15 is 0 Å². The highest BCUT2D eigenvalue weighted by Gasteiger charge is 2.16. The molecule has 0 unspecified atom stereocenters. The number of carbonyl (C=O) groups excluding carboxylic acids is 1. The number of amides is 1. The van der Waals surface area contributed by atoms with E-state index in [4.69, 9.17) is 0 Å². The van der Waals surface area contributed by atoms with Gasteiger partial charge >= 0.3 is 0 Å². The highest BCUT2D eigenvalue weighted by atomic mass is 32.1. The molecule has 0 spiro atoms. The van der Waals surface area contributed by atoms with Gasteiger partial charge in [-0.15, -0.1) is 16.4 Å². The fourth-order valence-electron chi connectivity index (χ4n) is 1.74. The van der Waals surface area contributed by atoms with Crippen molar-refractivity contribution in [3.8, 4) is 5.69 Å². The molecule has 3 aromatic rings. The molecule has 21 heavy (non-hydrogen) atoms. The van der Waals surface area contributed by atoms with Crippen LogP contribution in [0.5, 0.6) is 0 Å². The topological polar surface area (TPSA) is 85.6 Å². The Morgan fingerprint density at radius 2 is 2.29 bits per heavy atom. The van der Waals surface area contributed by atoms with Crippen molar-refractivity contribution < 1.29 is 9.18 Å². The predicted molar refractivity (Wildman–Crippen MR) is 73.9 cm³/mol. The lowest BCUT2D eigenvalue weighted by atomic mass is 10.1. The molecule has 1 amide bonds. The zero-order valence-corrected chi connectivity index (χ0v) is 11.6. The zero-order chi connectivity index (χ0) is 14.8. The van der Waals surface area contributed by atoms with Crippen LogP contribution < -0.4 is 5.32 Å². The number of tetrazole rings is 1. The van der Waals surface area contributed by atoms with Gasteiger partial charge in [0.05, 0.1) is 11.3 Å². The number of thiazole rings is 1. The number of rotatable bonds is 3. The molecule has 1 aromatic carbocycles. The molecule has 0 saturated carbocycles. The van der Waals surface area contributed by atoms with Gasteiger partial charge in [-0.05, 0) is 35.5 Å². The van der Waals surface area contributed by atoms with Crippen LogP contribution in [0.4, 0.5) is 9.52 Å². The number of anilines is 1. The molecule has 7 nitrogen and oxygen atoms in total. The van der Waals surface area contributed by atoms with Crippen LogP contribution in [0.2, 0.25) is 0 Å². The van der Waals surface area contributed by atoms with Gasteiger partial charge in [0.15, 0.2) is 5.13 Å². The Labute approximate surface area is 122 Å². The molecular weight excluding hydrogens is 295 g/mol. The summed E-state index contributed by atoms with van der Waals surface area (Å²) in [5.41, 5.74) is 0.502. The van der Waals surface area contributed by atoms with E-state index in [1.807, 2.05) is 6.92 Å². The summed E-state index contributed by atoms with van der Waals surface area (Å²) in [4.78, 5) is 17.3. The minimum Gasteiger partial charge on any atom is -0.298 e. The molecule has 0 radical (unpaired) electrons. The molecule has 0 atom stereocenters. The van der Waals surface area contributed by atoms with Crippen molar-refractivity contribution in [1.82, 2.24) is 25.2 Å². The van der Waals surface area contributed by atoms with E-state index in [0.29, 0.717) is 10.8 Å². The van der Waals surface area contributed by atoms with E-state index in [1.54, 1.807) is 6.20 Å². The van der Waals surface area contributed by atoms with Crippen molar-refractivity contribution in [3.05, 3.63) is 47.0 Å². The van der Waals surface area contributed by atoms with Crippen molar-refractivity contribution in [2.45, 2.75) is 6.92 Å². The molecule has 1 N–H and O–H groups in total. The second-order valence-electron chi connectivity index (χ2n) is 4.15. The predicted octanol–water partition coefficient (Wildman–Crippen LogP) is 1.82. The number of nitrogens with zero attached hydrogens (tertiary/aromatic N) is 5. The summed E-state index contributed by atoms with van der Waals surface area (Å²) in [7, 11) is 0. The summed E-state index contributed by atoms with van der Waals surface area (Å²) in [6, 6.07) is 3.81. The SMILES string of the molecule is Cc1cnc(NC(=O)c2cc(F)ccc2-n2cnnn2)s1. The second-order valence-corrected chi connectivity index (χ2v) is 5.38. The fourth-order valence-corrected chi connectivity index (χ4v) is 2.40. The van der Waals surface area contributed by atoms with Crippen molar-refractivity contribution in [2.75, 3.05) is 5.32 Å². The summed E-state index contributed by atoms with van der Waals surface area (Å²) in [6.45, 7) is 1.88. The monoisotopic (exact) mass is 304 g/mol. The van der Waals surface area contributed by atoms with Crippen LogP contribution in [-0.4, -0.2) is 31.1 Å². The standard InChI is InChI=1S/C12H9FN6OS/c1-7-5-14-12(21-7)16-11(20)9-4-8(13)2-3-10(9)19-6-15-17-18-19/h2-6H,1H3,(H,14,16,20). The largest absolute Gasteiger partial charge is 0.298 e. The summed E-state index contributed by atoms with van der Waals surface area (Å²) in [5, 5.41) is 13.8. The molecule has 106 valence electrons. The van der Waals surface area contributed by atoms with Crippen LogP contribution in [-0.2, 0) is 0 Å². The molecule has 0 fully saturated rings. The molecule has 2 heterocycles. The summed E-state index contributed by atoms with van der Waals surface area (Å²) in [5.74, 6) is -0.998. The molecule has 3 rings (SSSR count). The van der Waals surface area contributed by atoms with E-state index in [-0.39, 0.29) is 5.56 Å². The lowest BCUT2D eigenvalue weighted by Gasteiger charge is -2.08. The van der Waals surface area contributed by atoms with Crippen molar-refractivity contribution in [3.63, 3.8) is 0 Å². The molecule has 0 aliphatic carbocycles. The number of aromatic nitrogens is 5. The normalized spacial score (nSPS) is 10.6. The smallest absolute Gasteiger partial charge is 0.259 e. The average molecular weight is 304 g/mol. The van der Waals surface area contributed by atoms with Gasteiger partial charge < -0.3 is 0 Å². The first-order valence-electron chi connectivity index (χ1n) is 5.90. The Bertz CT molecular complexity index is 785. The third-order valence-corrected chi connectivity index (χ3v) is 3.47. The number of carbonyl (C=O) groups is 1. The lowest BCUT2D eigenvalue weighted by Crippen LogP contribution is -2.15. The maximum absolute atomic E-state index is 13.4. The molecule has 0 saturated heterocycles. The third-order valence-electron chi connectivity index (χ3n) is 2.64. The van der Waals surface area contributed by atoms with Crippen molar-refractivity contribution in [2.24, 2.45) is 0 Å². The Morgan fingerprint density at radius 1 is 1.43 bits per heavy atom. The highest BCUT2D eigenvalue weighted by molar-refractivity contribution is 7.15. The molecular formula is C12H9FN6OS. The zero-order valence-electron chi connectivity index (χ0n) is 10.8. The Balaban J connectivity index is 1.97. The van der Waals surface area contributed by atoms with Gasteiger partial charge in [-0.25, -0.2) is 9.37 Å². The third kappa shape index (κ3) is 2.77. The minimum absolute atomic E-state index is 0.121. The number of hydrogen-bond acceptors (Lipinski definition) is 6. The van der Waals surface area contributed by atoms with E-state index in [1.165, 1.54) is 34.5 Å². The number of aryl methyl sites for hydroxylation is 1.